The van der Waals surface area contributed by atoms with Crippen LogP contribution < -0.4 is 4.72 Å². The zero-order valence-corrected chi connectivity index (χ0v) is 14.1. The van der Waals surface area contributed by atoms with Gasteiger partial charge in [0.05, 0.1) is 16.7 Å². The van der Waals surface area contributed by atoms with Gasteiger partial charge in [-0.25, -0.2) is 8.42 Å². The van der Waals surface area contributed by atoms with Crippen LogP contribution >= 0.6 is 27.5 Å². The van der Waals surface area contributed by atoms with E-state index >= 15 is 0 Å². The van der Waals surface area contributed by atoms with E-state index in [1.807, 2.05) is 13.0 Å². The van der Waals surface area contributed by atoms with Crippen molar-refractivity contribution < 1.29 is 8.42 Å². The fourth-order valence-corrected chi connectivity index (χ4v) is 3.60. The summed E-state index contributed by atoms with van der Waals surface area (Å²) in [6.07, 6.45) is 0. The molecule has 0 aliphatic rings. The average Bonchev–Trinajstić information content (AvgIpc) is 2.43. The number of anilines is 1. The molecule has 108 valence electrons. The Hall–Kier alpha value is -1.55. The fourth-order valence-electron chi connectivity index (χ4n) is 1.65. The van der Waals surface area contributed by atoms with Crippen molar-refractivity contribution in [2.75, 3.05) is 4.72 Å². The quantitative estimate of drug-likeness (QED) is 0.865. The van der Waals surface area contributed by atoms with E-state index in [1.54, 1.807) is 18.2 Å². The molecule has 0 radical (unpaired) electrons. The van der Waals surface area contributed by atoms with Gasteiger partial charge < -0.3 is 0 Å². The number of nitrogens with zero attached hydrogens (tertiary/aromatic N) is 1. The number of hydrogen-bond acceptors (Lipinski definition) is 3. The molecular formula is C14H10BrClN2O2S. The van der Waals surface area contributed by atoms with Crippen LogP contribution in [-0.4, -0.2) is 8.42 Å². The summed E-state index contributed by atoms with van der Waals surface area (Å²) in [5, 5.41) is 8.92. The van der Waals surface area contributed by atoms with Crippen LogP contribution in [0.5, 0.6) is 0 Å². The predicted molar refractivity (Wildman–Crippen MR) is 85.9 cm³/mol. The molecule has 2 aromatic rings. The second-order valence-corrected chi connectivity index (χ2v) is 7.24. The van der Waals surface area contributed by atoms with Crippen LogP contribution in [0.3, 0.4) is 0 Å². The molecule has 0 aromatic heterocycles. The number of rotatable bonds is 3. The SMILES string of the molecule is Cc1ccc(NS(=O)(=O)c2cc(C#N)ccc2Cl)cc1Br. The lowest BCUT2D eigenvalue weighted by molar-refractivity contribution is 0.601. The first-order chi connectivity index (χ1) is 9.83. The normalized spacial score (nSPS) is 11.0. The van der Waals surface area contributed by atoms with Crippen molar-refractivity contribution in [3.05, 3.63) is 57.0 Å². The Morgan fingerprint density at radius 3 is 2.57 bits per heavy atom. The van der Waals surface area contributed by atoms with Crippen molar-refractivity contribution in [3.8, 4) is 6.07 Å². The summed E-state index contributed by atoms with van der Waals surface area (Å²) in [4.78, 5) is -0.125. The van der Waals surface area contributed by atoms with Crippen molar-refractivity contribution in [1.29, 1.82) is 5.26 Å². The Bertz CT molecular complexity index is 845. The molecule has 0 saturated heterocycles. The highest BCUT2D eigenvalue weighted by atomic mass is 79.9. The monoisotopic (exact) mass is 384 g/mol. The van der Waals surface area contributed by atoms with Crippen LogP contribution in [0.2, 0.25) is 5.02 Å². The van der Waals surface area contributed by atoms with Crippen LogP contribution in [0.4, 0.5) is 5.69 Å². The first-order valence-electron chi connectivity index (χ1n) is 5.82. The lowest BCUT2D eigenvalue weighted by atomic mass is 10.2. The molecule has 21 heavy (non-hydrogen) atoms. The molecule has 0 aliphatic heterocycles. The summed E-state index contributed by atoms with van der Waals surface area (Å²) in [6, 6.07) is 11.1. The first-order valence-corrected chi connectivity index (χ1v) is 8.47. The molecule has 4 nitrogen and oxygen atoms in total. The highest BCUT2D eigenvalue weighted by Crippen LogP contribution is 2.27. The van der Waals surface area contributed by atoms with E-state index in [0.29, 0.717) is 5.69 Å². The van der Waals surface area contributed by atoms with Crippen LogP contribution in [0.15, 0.2) is 45.8 Å². The van der Waals surface area contributed by atoms with E-state index in [2.05, 4.69) is 20.7 Å². The molecule has 2 aromatic carbocycles. The number of halogens is 2. The maximum atomic E-state index is 12.4. The highest BCUT2D eigenvalue weighted by molar-refractivity contribution is 9.10. The van der Waals surface area contributed by atoms with Gasteiger partial charge in [0.25, 0.3) is 10.0 Å². The molecule has 0 unspecified atom stereocenters. The third kappa shape index (κ3) is 3.56. The lowest BCUT2D eigenvalue weighted by Gasteiger charge is -2.10. The summed E-state index contributed by atoms with van der Waals surface area (Å²) in [6.45, 7) is 1.90. The van der Waals surface area contributed by atoms with Crippen LogP contribution in [-0.2, 0) is 10.0 Å². The number of nitrogens with one attached hydrogen (secondary N) is 1. The second kappa shape index (κ2) is 6.06. The Morgan fingerprint density at radius 2 is 1.95 bits per heavy atom. The van der Waals surface area contributed by atoms with E-state index in [9.17, 15) is 8.42 Å². The first kappa shape index (κ1) is 15.8. The smallest absolute Gasteiger partial charge is 0.263 e. The summed E-state index contributed by atoms with van der Waals surface area (Å²) in [5.41, 5.74) is 1.62. The van der Waals surface area contributed by atoms with Crippen LogP contribution in [0.1, 0.15) is 11.1 Å². The molecule has 2 rings (SSSR count). The molecule has 0 bridgehead atoms. The van der Waals surface area contributed by atoms with Gasteiger partial charge in [0.15, 0.2) is 0 Å². The number of aryl methyl sites for hydroxylation is 1. The zero-order chi connectivity index (χ0) is 15.6. The maximum Gasteiger partial charge on any atom is 0.263 e. The van der Waals surface area contributed by atoms with Gasteiger partial charge in [-0.05, 0) is 42.8 Å². The third-order valence-electron chi connectivity index (χ3n) is 2.77. The maximum absolute atomic E-state index is 12.4. The van der Waals surface area contributed by atoms with Crippen LogP contribution in [0.25, 0.3) is 0 Å². The van der Waals surface area contributed by atoms with Gasteiger partial charge in [-0.2, -0.15) is 5.26 Å². The zero-order valence-electron chi connectivity index (χ0n) is 10.9. The van der Waals surface area contributed by atoms with Gasteiger partial charge in [0.2, 0.25) is 0 Å². The minimum atomic E-state index is -3.86. The molecule has 0 heterocycles. The topological polar surface area (TPSA) is 70.0 Å². The minimum absolute atomic E-state index is 0.0627. The molecule has 0 saturated carbocycles. The Balaban J connectivity index is 2.43. The van der Waals surface area contributed by atoms with Gasteiger partial charge in [-0.1, -0.05) is 33.6 Å². The van der Waals surface area contributed by atoms with E-state index < -0.39 is 10.0 Å². The number of nitriles is 1. The summed E-state index contributed by atoms with van der Waals surface area (Å²) >= 11 is 9.27. The fraction of sp³-hybridized carbons (Fsp3) is 0.0714. The van der Waals surface area contributed by atoms with Crippen molar-refractivity contribution in [1.82, 2.24) is 0 Å². The van der Waals surface area contributed by atoms with E-state index in [4.69, 9.17) is 16.9 Å². The number of benzene rings is 2. The third-order valence-corrected chi connectivity index (χ3v) is 5.49. The molecule has 0 amide bonds. The Kier molecular flexibility index (Phi) is 4.57. The minimum Gasteiger partial charge on any atom is -0.280 e. The molecule has 0 aliphatic carbocycles. The van der Waals surface area contributed by atoms with Gasteiger partial charge in [-0.15, -0.1) is 0 Å². The molecular weight excluding hydrogens is 376 g/mol. The number of hydrogen-bond donors (Lipinski definition) is 1. The van der Waals surface area contributed by atoms with Gasteiger partial charge in [0, 0.05) is 10.2 Å². The molecule has 0 fully saturated rings. The predicted octanol–water partition coefficient (Wildman–Crippen LogP) is 4.08. The van der Waals surface area contributed by atoms with Crippen LogP contribution in [0, 0.1) is 18.3 Å². The van der Waals surface area contributed by atoms with E-state index in [0.717, 1.165) is 10.0 Å². The Morgan fingerprint density at radius 1 is 1.24 bits per heavy atom. The lowest BCUT2D eigenvalue weighted by Crippen LogP contribution is -2.13. The van der Waals surface area contributed by atoms with Crippen molar-refractivity contribution in [2.45, 2.75) is 11.8 Å². The van der Waals surface area contributed by atoms with Crippen molar-refractivity contribution in [2.24, 2.45) is 0 Å². The van der Waals surface area contributed by atoms with E-state index in [-0.39, 0.29) is 15.5 Å². The summed E-state index contributed by atoms with van der Waals surface area (Å²) < 4.78 is 28.0. The standard InChI is InChI=1S/C14H10BrClN2O2S/c1-9-2-4-11(7-12(9)15)18-21(19,20)14-6-10(8-17)3-5-13(14)16/h2-7,18H,1H3. The second-order valence-electron chi connectivity index (χ2n) is 4.33. The largest absolute Gasteiger partial charge is 0.280 e. The molecule has 7 heteroatoms. The highest BCUT2D eigenvalue weighted by Gasteiger charge is 2.19. The summed E-state index contributed by atoms with van der Waals surface area (Å²) in [5.74, 6) is 0. The molecule has 1 N–H and O–H groups in total. The van der Waals surface area contributed by atoms with Gasteiger partial charge in [-0.3, -0.25) is 4.72 Å². The molecule has 0 atom stereocenters. The van der Waals surface area contributed by atoms with Crippen molar-refractivity contribution >= 4 is 43.2 Å². The summed E-state index contributed by atoms with van der Waals surface area (Å²) in [7, 11) is -3.86. The van der Waals surface area contributed by atoms with E-state index in [1.165, 1.54) is 18.2 Å². The van der Waals surface area contributed by atoms with Gasteiger partial charge >= 0.3 is 0 Å². The average molecular weight is 386 g/mol. The molecule has 0 spiro atoms. The van der Waals surface area contributed by atoms with Crippen molar-refractivity contribution in [3.63, 3.8) is 0 Å². The number of sulfonamides is 1. The Labute approximate surface area is 136 Å². The van der Waals surface area contributed by atoms with Gasteiger partial charge in [0.1, 0.15) is 4.90 Å².